The van der Waals surface area contributed by atoms with Crippen LogP contribution in [0.5, 0.6) is 0 Å². The van der Waals surface area contributed by atoms with Crippen LogP contribution in [0.4, 0.5) is 22.9 Å². The lowest BCUT2D eigenvalue weighted by Crippen LogP contribution is -2.46. The summed E-state index contributed by atoms with van der Waals surface area (Å²) >= 11 is 0. The molecule has 3 aromatic carbocycles. The molecule has 5 aromatic rings. The van der Waals surface area contributed by atoms with Crippen molar-refractivity contribution in [1.29, 1.82) is 0 Å². The van der Waals surface area contributed by atoms with Crippen molar-refractivity contribution in [1.82, 2.24) is 9.55 Å². The van der Waals surface area contributed by atoms with Crippen LogP contribution in [0.2, 0.25) is 0 Å². The highest BCUT2D eigenvalue weighted by Crippen LogP contribution is 2.32. The number of para-hydroxylation sites is 3. The molecule has 2 aromatic heterocycles. The van der Waals surface area contributed by atoms with Gasteiger partial charge >= 0.3 is 0 Å². The van der Waals surface area contributed by atoms with Crippen LogP contribution in [0.3, 0.4) is 0 Å². The van der Waals surface area contributed by atoms with Crippen molar-refractivity contribution in [3.63, 3.8) is 0 Å². The molecule has 0 radical (unpaired) electrons. The van der Waals surface area contributed by atoms with Crippen LogP contribution in [0.1, 0.15) is 0 Å². The standard InChI is InChI=1S/C30H27N5O/c36-28-20-29(32-23-10-4-1-5-11-23)35(25-14-8-3-9-15-25)30-26(28)21-31-22-27(30)34-18-16-33(17-19-34)24-12-6-2-7-13-24/h1-15,20-22,32H,16-19H2. The van der Waals surface area contributed by atoms with Crippen LogP contribution in [0.15, 0.2) is 114 Å². The summed E-state index contributed by atoms with van der Waals surface area (Å²) in [6.07, 6.45) is 3.58. The minimum atomic E-state index is -0.0483. The molecule has 3 heterocycles. The Labute approximate surface area is 210 Å². The topological polar surface area (TPSA) is 53.4 Å². The summed E-state index contributed by atoms with van der Waals surface area (Å²) in [5, 5.41) is 4.09. The maximum atomic E-state index is 13.3. The normalized spacial score (nSPS) is 13.7. The van der Waals surface area contributed by atoms with Gasteiger partial charge in [0, 0.05) is 55.5 Å². The molecule has 1 N–H and O–H groups in total. The molecule has 6 nitrogen and oxygen atoms in total. The van der Waals surface area contributed by atoms with E-state index in [9.17, 15) is 4.79 Å². The highest BCUT2D eigenvalue weighted by molar-refractivity contribution is 5.93. The smallest absolute Gasteiger partial charge is 0.193 e. The third-order valence-electron chi connectivity index (χ3n) is 6.70. The third kappa shape index (κ3) is 4.18. The fourth-order valence-corrected chi connectivity index (χ4v) is 4.93. The summed E-state index contributed by atoms with van der Waals surface area (Å²) in [7, 11) is 0. The van der Waals surface area contributed by atoms with Crippen LogP contribution in [-0.4, -0.2) is 35.7 Å². The van der Waals surface area contributed by atoms with Gasteiger partial charge in [-0.15, -0.1) is 0 Å². The van der Waals surface area contributed by atoms with Gasteiger partial charge in [0.1, 0.15) is 5.82 Å². The molecule has 1 aliphatic heterocycles. The quantitative estimate of drug-likeness (QED) is 0.368. The third-order valence-corrected chi connectivity index (χ3v) is 6.70. The molecule has 0 saturated carbocycles. The number of hydrogen-bond acceptors (Lipinski definition) is 5. The van der Waals surface area contributed by atoms with Gasteiger partial charge in [-0.05, 0) is 36.4 Å². The van der Waals surface area contributed by atoms with Crippen molar-refractivity contribution in [3.8, 4) is 5.69 Å². The molecule has 178 valence electrons. The summed E-state index contributed by atoms with van der Waals surface area (Å²) in [5.41, 5.74) is 4.94. The second-order valence-electron chi connectivity index (χ2n) is 8.92. The molecule has 1 aliphatic rings. The van der Waals surface area contributed by atoms with Crippen molar-refractivity contribution in [3.05, 3.63) is 120 Å². The summed E-state index contributed by atoms with van der Waals surface area (Å²) < 4.78 is 2.14. The highest BCUT2D eigenvalue weighted by Gasteiger charge is 2.22. The minimum Gasteiger partial charge on any atom is -0.368 e. The van der Waals surface area contributed by atoms with Crippen LogP contribution in [0.25, 0.3) is 16.6 Å². The van der Waals surface area contributed by atoms with E-state index < -0.39 is 0 Å². The Morgan fingerprint density at radius 3 is 1.92 bits per heavy atom. The summed E-state index contributed by atoms with van der Waals surface area (Å²) in [4.78, 5) is 22.6. The van der Waals surface area contributed by atoms with Gasteiger partial charge < -0.3 is 15.1 Å². The highest BCUT2D eigenvalue weighted by atomic mass is 16.1. The molecule has 1 fully saturated rings. The number of nitrogens with zero attached hydrogens (tertiary/aromatic N) is 4. The Hall–Kier alpha value is -4.58. The van der Waals surface area contributed by atoms with Gasteiger partial charge in [-0.2, -0.15) is 0 Å². The number of rotatable bonds is 5. The second kappa shape index (κ2) is 9.58. The van der Waals surface area contributed by atoms with Gasteiger partial charge in [0.2, 0.25) is 0 Å². The molecule has 6 heteroatoms. The van der Waals surface area contributed by atoms with Crippen molar-refractivity contribution in [2.45, 2.75) is 0 Å². The predicted octanol–water partition coefficient (Wildman–Crippen LogP) is 5.46. The van der Waals surface area contributed by atoms with Gasteiger partial charge in [0.25, 0.3) is 0 Å². The van der Waals surface area contributed by atoms with Crippen LogP contribution in [0, 0.1) is 0 Å². The number of fused-ring (bicyclic) bond motifs is 1. The predicted molar refractivity (Wildman–Crippen MR) is 148 cm³/mol. The Kier molecular flexibility index (Phi) is 5.83. The molecule has 1 saturated heterocycles. The van der Waals surface area contributed by atoms with E-state index in [-0.39, 0.29) is 5.43 Å². The zero-order chi connectivity index (χ0) is 24.3. The average Bonchev–Trinajstić information content (AvgIpc) is 2.95. The van der Waals surface area contributed by atoms with Gasteiger partial charge in [0.05, 0.1) is 22.8 Å². The van der Waals surface area contributed by atoms with E-state index in [0.717, 1.165) is 54.6 Å². The first-order valence-corrected chi connectivity index (χ1v) is 12.2. The summed E-state index contributed by atoms with van der Waals surface area (Å²) in [6.45, 7) is 3.49. The number of pyridine rings is 2. The van der Waals surface area contributed by atoms with Crippen LogP contribution < -0.4 is 20.5 Å². The van der Waals surface area contributed by atoms with E-state index >= 15 is 0 Å². The molecular formula is C30H27N5O. The molecule has 0 atom stereocenters. The van der Waals surface area contributed by atoms with Gasteiger partial charge in [-0.25, -0.2) is 0 Å². The number of hydrogen-bond donors (Lipinski definition) is 1. The van der Waals surface area contributed by atoms with E-state index in [0.29, 0.717) is 5.39 Å². The molecule has 0 unspecified atom stereocenters. The van der Waals surface area contributed by atoms with E-state index in [4.69, 9.17) is 0 Å². The summed E-state index contributed by atoms with van der Waals surface area (Å²) in [5.74, 6) is 0.722. The van der Waals surface area contributed by atoms with E-state index in [1.54, 1.807) is 12.3 Å². The zero-order valence-electron chi connectivity index (χ0n) is 19.9. The number of piperazine rings is 1. The molecular weight excluding hydrogens is 446 g/mol. The Morgan fingerprint density at radius 2 is 1.25 bits per heavy atom. The fourth-order valence-electron chi connectivity index (χ4n) is 4.93. The number of aromatic nitrogens is 2. The van der Waals surface area contributed by atoms with Gasteiger partial charge in [-0.1, -0.05) is 54.6 Å². The first-order valence-electron chi connectivity index (χ1n) is 12.2. The lowest BCUT2D eigenvalue weighted by atomic mass is 10.1. The van der Waals surface area contributed by atoms with Crippen LogP contribution in [-0.2, 0) is 0 Å². The van der Waals surface area contributed by atoms with E-state index in [1.165, 1.54) is 5.69 Å². The molecule has 0 amide bonds. The second-order valence-corrected chi connectivity index (χ2v) is 8.92. The first-order chi connectivity index (χ1) is 17.8. The van der Waals surface area contributed by atoms with Crippen molar-refractivity contribution < 1.29 is 0 Å². The van der Waals surface area contributed by atoms with E-state index in [1.807, 2.05) is 60.8 Å². The Morgan fingerprint density at radius 1 is 0.667 bits per heavy atom. The molecule has 0 spiro atoms. The molecule has 0 bridgehead atoms. The monoisotopic (exact) mass is 473 g/mol. The lowest BCUT2D eigenvalue weighted by Gasteiger charge is -2.38. The molecule has 0 aliphatic carbocycles. The number of anilines is 4. The largest absolute Gasteiger partial charge is 0.368 e. The van der Waals surface area contributed by atoms with Crippen LogP contribution >= 0.6 is 0 Å². The summed E-state index contributed by atoms with van der Waals surface area (Å²) in [6, 6.07) is 32.3. The zero-order valence-corrected chi connectivity index (χ0v) is 19.9. The van der Waals surface area contributed by atoms with Crippen molar-refractivity contribution in [2.24, 2.45) is 0 Å². The number of nitrogens with one attached hydrogen (secondary N) is 1. The fraction of sp³-hybridized carbons (Fsp3) is 0.133. The van der Waals surface area contributed by atoms with Crippen molar-refractivity contribution in [2.75, 3.05) is 41.3 Å². The average molecular weight is 474 g/mol. The van der Waals surface area contributed by atoms with Crippen molar-refractivity contribution >= 4 is 33.8 Å². The lowest BCUT2D eigenvalue weighted by molar-refractivity contribution is 0.653. The maximum absolute atomic E-state index is 13.3. The Balaban J connectivity index is 1.47. The maximum Gasteiger partial charge on any atom is 0.193 e. The first kappa shape index (κ1) is 21.9. The minimum absolute atomic E-state index is 0.0483. The Bertz CT molecular complexity index is 1530. The van der Waals surface area contributed by atoms with E-state index in [2.05, 4.69) is 61.1 Å². The van der Waals surface area contributed by atoms with Gasteiger partial charge in [0.15, 0.2) is 5.43 Å². The molecule has 36 heavy (non-hydrogen) atoms. The number of benzene rings is 3. The molecule has 6 rings (SSSR count). The SMILES string of the molecule is O=c1cc(Nc2ccccc2)n(-c2ccccc2)c2c(N3CCN(c4ccccc4)CC3)cncc12. The van der Waals surface area contributed by atoms with Gasteiger partial charge in [-0.3, -0.25) is 14.3 Å².